The van der Waals surface area contributed by atoms with E-state index in [4.69, 9.17) is 5.73 Å². The van der Waals surface area contributed by atoms with E-state index < -0.39 is 0 Å². The number of carbonyl (C=O) groups is 1. The normalized spacial score (nSPS) is 18.6. The predicted molar refractivity (Wildman–Crippen MR) is 75.4 cm³/mol. The molecule has 0 spiro atoms. The SMILES string of the molecule is CC(CN)CCC(=O)NCCCN1CCCCC1. The molecule has 1 heterocycles. The highest BCUT2D eigenvalue weighted by atomic mass is 16.1. The van der Waals surface area contributed by atoms with Crippen molar-refractivity contribution in [3.8, 4) is 0 Å². The van der Waals surface area contributed by atoms with Gasteiger partial charge in [0.15, 0.2) is 0 Å². The Morgan fingerprint density at radius 2 is 2.06 bits per heavy atom. The third-order valence-corrected chi connectivity index (χ3v) is 3.69. The molecule has 1 atom stereocenters. The number of nitrogens with two attached hydrogens (primary N) is 1. The molecule has 4 heteroatoms. The lowest BCUT2D eigenvalue weighted by Crippen LogP contribution is -2.33. The highest BCUT2D eigenvalue weighted by Gasteiger charge is 2.09. The van der Waals surface area contributed by atoms with Gasteiger partial charge in [-0.3, -0.25) is 4.79 Å². The van der Waals surface area contributed by atoms with Crippen LogP contribution < -0.4 is 11.1 Å². The average Bonchev–Trinajstić information content (AvgIpc) is 2.42. The highest BCUT2D eigenvalue weighted by molar-refractivity contribution is 5.75. The van der Waals surface area contributed by atoms with Gasteiger partial charge >= 0.3 is 0 Å². The maximum absolute atomic E-state index is 11.5. The van der Waals surface area contributed by atoms with Crippen LogP contribution in [0.3, 0.4) is 0 Å². The fraction of sp³-hybridized carbons (Fsp3) is 0.929. The van der Waals surface area contributed by atoms with Crippen molar-refractivity contribution in [3.05, 3.63) is 0 Å². The van der Waals surface area contributed by atoms with Crippen LogP contribution in [-0.4, -0.2) is 43.5 Å². The van der Waals surface area contributed by atoms with E-state index in [1.165, 1.54) is 32.4 Å². The largest absolute Gasteiger partial charge is 0.356 e. The molecule has 106 valence electrons. The number of carbonyl (C=O) groups excluding carboxylic acids is 1. The third kappa shape index (κ3) is 6.97. The molecule has 0 saturated carbocycles. The Morgan fingerprint density at radius 1 is 1.33 bits per heavy atom. The van der Waals surface area contributed by atoms with Crippen LogP contribution in [0.4, 0.5) is 0 Å². The second kappa shape index (κ2) is 9.34. The maximum atomic E-state index is 11.5. The Kier molecular flexibility index (Phi) is 8.01. The van der Waals surface area contributed by atoms with Gasteiger partial charge in [0.2, 0.25) is 5.91 Å². The molecule has 18 heavy (non-hydrogen) atoms. The molecule has 1 aliphatic heterocycles. The van der Waals surface area contributed by atoms with Gasteiger partial charge in [0, 0.05) is 13.0 Å². The van der Waals surface area contributed by atoms with Crippen molar-refractivity contribution in [2.45, 2.75) is 45.4 Å². The van der Waals surface area contributed by atoms with Gasteiger partial charge in [0.1, 0.15) is 0 Å². The van der Waals surface area contributed by atoms with Gasteiger partial charge in [0.05, 0.1) is 0 Å². The minimum Gasteiger partial charge on any atom is -0.356 e. The summed E-state index contributed by atoms with van der Waals surface area (Å²) in [6, 6.07) is 0. The van der Waals surface area contributed by atoms with Crippen molar-refractivity contribution in [2.75, 3.05) is 32.7 Å². The molecule has 1 amide bonds. The van der Waals surface area contributed by atoms with Gasteiger partial charge in [-0.1, -0.05) is 13.3 Å². The summed E-state index contributed by atoms with van der Waals surface area (Å²) in [7, 11) is 0. The van der Waals surface area contributed by atoms with E-state index in [0.717, 1.165) is 25.9 Å². The lowest BCUT2D eigenvalue weighted by atomic mass is 10.1. The Balaban J connectivity index is 1.94. The van der Waals surface area contributed by atoms with Gasteiger partial charge in [-0.25, -0.2) is 0 Å². The van der Waals surface area contributed by atoms with E-state index in [9.17, 15) is 4.79 Å². The standard InChI is InChI=1S/C14H29N3O/c1-13(12-15)6-7-14(18)16-8-5-11-17-9-3-2-4-10-17/h13H,2-12,15H2,1H3,(H,16,18). The maximum Gasteiger partial charge on any atom is 0.220 e. The van der Waals surface area contributed by atoms with Crippen LogP contribution >= 0.6 is 0 Å². The van der Waals surface area contributed by atoms with E-state index in [1.807, 2.05) is 0 Å². The van der Waals surface area contributed by atoms with Gasteiger partial charge in [-0.05, 0) is 57.8 Å². The Bertz CT molecular complexity index is 227. The van der Waals surface area contributed by atoms with Crippen molar-refractivity contribution < 1.29 is 4.79 Å². The van der Waals surface area contributed by atoms with E-state index in [-0.39, 0.29) is 5.91 Å². The Morgan fingerprint density at radius 3 is 2.72 bits per heavy atom. The topological polar surface area (TPSA) is 58.4 Å². The zero-order chi connectivity index (χ0) is 13.2. The van der Waals surface area contributed by atoms with E-state index in [0.29, 0.717) is 18.9 Å². The quantitative estimate of drug-likeness (QED) is 0.644. The van der Waals surface area contributed by atoms with Crippen LogP contribution in [0.1, 0.15) is 45.4 Å². The monoisotopic (exact) mass is 255 g/mol. The third-order valence-electron chi connectivity index (χ3n) is 3.69. The lowest BCUT2D eigenvalue weighted by molar-refractivity contribution is -0.121. The first-order valence-corrected chi connectivity index (χ1v) is 7.41. The molecule has 1 saturated heterocycles. The molecular formula is C14H29N3O. The minimum atomic E-state index is 0.175. The van der Waals surface area contributed by atoms with Crippen molar-refractivity contribution in [2.24, 2.45) is 11.7 Å². The van der Waals surface area contributed by atoms with Crippen LogP contribution in [0, 0.1) is 5.92 Å². The van der Waals surface area contributed by atoms with Gasteiger partial charge in [-0.15, -0.1) is 0 Å². The van der Waals surface area contributed by atoms with Gasteiger partial charge < -0.3 is 16.0 Å². The zero-order valence-electron chi connectivity index (χ0n) is 11.8. The van der Waals surface area contributed by atoms with Crippen LogP contribution in [0.25, 0.3) is 0 Å². The summed E-state index contributed by atoms with van der Waals surface area (Å²) in [4.78, 5) is 14.1. The number of hydrogen-bond donors (Lipinski definition) is 2. The van der Waals surface area contributed by atoms with Crippen molar-refractivity contribution in [1.82, 2.24) is 10.2 Å². The second-order valence-corrected chi connectivity index (χ2v) is 5.49. The first-order chi connectivity index (χ1) is 8.72. The number of hydrogen-bond acceptors (Lipinski definition) is 3. The van der Waals surface area contributed by atoms with Gasteiger partial charge in [-0.2, -0.15) is 0 Å². The molecule has 1 rings (SSSR count). The fourth-order valence-corrected chi connectivity index (χ4v) is 2.30. The zero-order valence-corrected chi connectivity index (χ0v) is 11.8. The summed E-state index contributed by atoms with van der Waals surface area (Å²) < 4.78 is 0. The van der Waals surface area contributed by atoms with Gasteiger partial charge in [0.25, 0.3) is 0 Å². The number of amides is 1. The molecular weight excluding hydrogens is 226 g/mol. The summed E-state index contributed by atoms with van der Waals surface area (Å²) in [5.74, 6) is 0.623. The molecule has 0 bridgehead atoms. The first kappa shape index (κ1) is 15.4. The highest BCUT2D eigenvalue weighted by Crippen LogP contribution is 2.08. The van der Waals surface area contributed by atoms with E-state index in [1.54, 1.807) is 0 Å². The molecule has 4 nitrogen and oxygen atoms in total. The molecule has 0 radical (unpaired) electrons. The van der Waals surface area contributed by atoms with Crippen molar-refractivity contribution in [3.63, 3.8) is 0 Å². The number of nitrogens with zero attached hydrogens (tertiary/aromatic N) is 1. The smallest absolute Gasteiger partial charge is 0.220 e. The number of rotatable bonds is 8. The Labute approximate surface area is 111 Å². The summed E-state index contributed by atoms with van der Waals surface area (Å²) >= 11 is 0. The molecule has 3 N–H and O–H groups in total. The lowest BCUT2D eigenvalue weighted by Gasteiger charge is -2.26. The molecule has 0 aromatic heterocycles. The van der Waals surface area contributed by atoms with Crippen LogP contribution in [0.5, 0.6) is 0 Å². The van der Waals surface area contributed by atoms with E-state index >= 15 is 0 Å². The number of nitrogens with one attached hydrogen (secondary N) is 1. The number of likely N-dealkylation sites (tertiary alicyclic amines) is 1. The Hall–Kier alpha value is -0.610. The average molecular weight is 255 g/mol. The second-order valence-electron chi connectivity index (χ2n) is 5.49. The van der Waals surface area contributed by atoms with Crippen molar-refractivity contribution >= 4 is 5.91 Å². The molecule has 1 fully saturated rings. The van der Waals surface area contributed by atoms with Crippen LogP contribution in [0.15, 0.2) is 0 Å². The van der Waals surface area contributed by atoms with Crippen molar-refractivity contribution in [1.29, 1.82) is 0 Å². The summed E-state index contributed by atoms with van der Waals surface area (Å²) in [6.45, 7) is 7.17. The molecule has 1 unspecified atom stereocenters. The molecule has 0 aromatic carbocycles. The summed E-state index contributed by atoms with van der Waals surface area (Å²) in [5.41, 5.74) is 5.53. The molecule has 0 aliphatic carbocycles. The predicted octanol–water partition coefficient (Wildman–Crippen LogP) is 1.35. The summed E-state index contributed by atoms with van der Waals surface area (Å²) in [5, 5.41) is 3.00. The van der Waals surface area contributed by atoms with E-state index in [2.05, 4.69) is 17.1 Å². The summed E-state index contributed by atoms with van der Waals surface area (Å²) in [6.07, 6.45) is 6.63. The first-order valence-electron chi connectivity index (χ1n) is 7.41. The number of piperidine rings is 1. The molecule has 0 aromatic rings. The molecule has 1 aliphatic rings. The fourth-order valence-electron chi connectivity index (χ4n) is 2.30. The van der Waals surface area contributed by atoms with Crippen LogP contribution in [-0.2, 0) is 4.79 Å². The van der Waals surface area contributed by atoms with Crippen LogP contribution in [0.2, 0.25) is 0 Å². The minimum absolute atomic E-state index is 0.175.